The summed E-state index contributed by atoms with van der Waals surface area (Å²) in [4.78, 5) is 2.43. The maximum Gasteiger partial charge on any atom is 0.0474 e. The second kappa shape index (κ2) is 8.90. The molecule has 0 radical (unpaired) electrons. The van der Waals surface area contributed by atoms with Crippen molar-refractivity contribution in [1.29, 1.82) is 0 Å². The Hall–Kier alpha value is -0.120. The Bertz CT molecular complexity index is 181. The van der Waals surface area contributed by atoms with Crippen LogP contribution in [0.5, 0.6) is 0 Å². The van der Waals surface area contributed by atoms with Crippen LogP contribution in [0.3, 0.4) is 0 Å². The highest BCUT2D eigenvalue weighted by molar-refractivity contribution is 4.75. The van der Waals surface area contributed by atoms with Crippen molar-refractivity contribution in [3.63, 3.8) is 0 Å². The summed E-state index contributed by atoms with van der Waals surface area (Å²) in [6, 6.07) is 1.40. The average Bonchev–Trinajstić information content (AvgIpc) is 2.37. The van der Waals surface area contributed by atoms with Gasteiger partial charge in [-0.3, -0.25) is 0 Å². The van der Waals surface area contributed by atoms with Crippen LogP contribution in [0, 0.1) is 0 Å². The molecule has 1 aliphatic carbocycles. The maximum atomic E-state index is 5.08. The molecular weight excluding hydrogens is 212 g/mol. The third-order valence-corrected chi connectivity index (χ3v) is 3.92. The Morgan fingerprint density at radius 2 is 2.00 bits per heavy atom. The Labute approximate surface area is 107 Å². The van der Waals surface area contributed by atoms with Crippen molar-refractivity contribution < 1.29 is 4.74 Å². The normalized spacial score (nSPS) is 19.8. The van der Waals surface area contributed by atoms with E-state index in [0.29, 0.717) is 6.04 Å². The molecular formula is C14H30N2O. The molecule has 3 nitrogen and oxygen atoms in total. The highest BCUT2D eigenvalue weighted by Crippen LogP contribution is 2.17. The molecule has 1 aliphatic rings. The van der Waals surface area contributed by atoms with Gasteiger partial charge in [-0.1, -0.05) is 19.3 Å². The molecule has 0 amide bonds. The molecule has 3 heteroatoms. The minimum atomic E-state index is 0.619. The van der Waals surface area contributed by atoms with Crippen molar-refractivity contribution >= 4 is 0 Å². The summed E-state index contributed by atoms with van der Waals surface area (Å²) < 4.78 is 5.08. The van der Waals surface area contributed by atoms with Gasteiger partial charge in [0, 0.05) is 38.9 Å². The van der Waals surface area contributed by atoms with Crippen LogP contribution in [-0.2, 0) is 4.74 Å². The fraction of sp³-hybridized carbons (Fsp3) is 1.00. The third-order valence-electron chi connectivity index (χ3n) is 3.92. The van der Waals surface area contributed by atoms with Crippen LogP contribution in [0.1, 0.15) is 45.4 Å². The van der Waals surface area contributed by atoms with Gasteiger partial charge in [0.05, 0.1) is 0 Å². The number of hydrogen-bond acceptors (Lipinski definition) is 3. The number of nitrogens with zero attached hydrogens (tertiary/aromatic N) is 1. The first-order valence-corrected chi connectivity index (χ1v) is 7.16. The Morgan fingerprint density at radius 1 is 1.29 bits per heavy atom. The van der Waals surface area contributed by atoms with E-state index >= 15 is 0 Å². The maximum absolute atomic E-state index is 5.08. The van der Waals surface area contributed by atoms with E-state index in [4.69, 9.17) is 4.74 Å². The van der Waals surface area contributed by atoms with Crippen molar-refractivity contribution in [1.82, 2.24) is 10.2 Å². The van der Waals surface area contributed by atoms with E-state index in [1.54, 1.807) is 7.11 Å². The van der Waals surface area contributed by atoms with Crippen LogP contribution >= 0.6 is 0 Å². The summed E-state index contributed by atoms with van der Waals surface area (Å²) in [5.74, 6) is 0. The summed E-state index contributed by atoms with van der Waals surface area (Å²) in [6.07, 6.45) is 8.14. The third kappa shape index (κ3) is 6.39. The largest absolute Gasteiger partial charge is 0.385 e. The standard InChI is InChI=1S/C14H30N2O/c1-13(16(2)10-7-11-17-3)12-15-14-8-5-4-6-9-14/h13-15H,4-12H2,1-3H3. The monoisotopic (exact) mass is 242 g/mol. The first-order valence-electron chi connectivity index (χ1n) is 7.16. The molecule has 0 aliphatic heterocycles. The highest BCUT2D eigenvalue weighted by atomic mass is 16.5. The van der Waals surface area contributed by atoms with Gasteiger partial charge in [0.25, 0.3) is 0 Å². The lowest BCUT2D eigenvalue weighted by Gasteiger charge is -2.29. The van der Waals surface area contributed by atoms with Crippen LogP contribution in [0.15, 0.2) is 0 Å². The van der Waals surface area contributed by atoms with Crippen LogP contribution in [-0.4, -0.2) is 50.8 Å². The van der Waals surface area contributed by atoms with Gasteiger partial charge < -0.3 is 15.0 Å². The van der Waals surface area contributed by atoms with Crippen LogP contribution in [0.2, 0.25) is 0 Å². The predicted octanol–water partition coefficient (Wildman–Crippen LogP) is 2.27. The molecule has 1 saturated carbocycles. The Balaban J connectivity index is 2.07. The lowest BCUT2D eigenvalue weighted by atomic mass is 9.95. The number of likely N-dealkylation sites (N-methyl/N-ethyl adjacent to an activating group) is 1. The summed E-state index contributed by atoms with van der Waals surface area (Å²) in [5.41, 5.74) is 0. The van der Waals surface area contributed by atoms with Crippen molar-refractivity contribution in [3.05, 3.63) is 0 Å². The Morgan fingerprint density at radius 3 is 2.65 bits per heavy atom. The summed E-state index contributed by atoms with van der Waals surface area (Å²) in [6.45, 7) is 5.42. The first-order chi connectivity index (χ1) is 8.24. The zero-order valence-electron chi connectivity index (χ0n) is 11.9. The van der Waals surface area contributed by atoms with Crippen molar-refractivity contribution in [2.24, 2.45) is 0 Å². The molecule has 1 fully saturated rings. The second-order valence-electron chi connectivity index (χ2n) is 5.42. The second-order valence-corrected chi connectivity index (χ2v) is 5.42. The molecule has 1 unspecified atom stereocenters. The molecule has 0 spiro atoms. The quantitative estimate of drug-likeness (QED) is 0.661. The van der Waals surface area contributed by atoms with Crippen LogP contribution in [0.25, 0.3) is 0 Å². The zero-order valence-corrected chi connectivity index (χ0v) is 11.9. The SMILES string of the molecule is COCCCN(C)C(C)CNC1CCCCC1. The van der Waals surface area contributed by atoms with Gasteiger partial charge in [-0.2, -0.15) is 0 Å². The minimum Gasteiger partial charge on any atom is -0.385 e. The van der Waals surface area contributed by atoms with Crippen molar-refractivity contribution in [2.45, 2.75) is 57.5 Å². The molecule has 0 aromatic rings. The van der Waals surface area contributed by atoms with E-state index < -0.39 is 0 Å². The van der Waals surface area contributed by atoms with E-state index in [1.165, 1.54) is 32.1 Å². The van der Waals surface area contributed by atoms with Crippen LogP contribution < -0.4 is 5.32 Å². The molecule has 1 N–H and O–H groups in total. The summed E-state index contributed by atoms with van der Waals surface area (Å²) >= 11 is 0. The minimum absolute atomic E-state index is 0.619. The van der Waals surface area contributed by atoms with Gasteiger partial charge in [0.1, 0.15) is 0 Å². The predicted molar refractivity (Wildman–Crippen MR) is 73.5 cm³/mol. The lowest BCUT2D eigenvalue weighted by molar-refractivity contribution is 0.166. The molecule has 1 atom stereocenters. The van der Waals surface area contributed by atoms with Gasteiger partial charge >= 0.3 is 0 Å². The fourth-order valence-corrected chi connectivity index (χ4v) is 2.48. The molecule has 102 valence electrons. The number of rotatable bonds is 8. The molecule has 0 saturated heterocycles. The van der Waals surface area contributed by atoms with Crippen LogP contribution in [0.4, 0.5) is 0 Å². The number of methoxy groups -OCH3 is 1. The number of hydrogen-bond donors (Lipinski definition) is 1. The van der Waals surface area contributed by atoms with E-state index in [0.717, 1.165) is 32.2 Å². The molecule has 0 heterocycles. The molecule has 17 heavy (non-hydrogen) atoms. The van der Waals surface area contributed by atoms with E-state index in [-0.39, 0.29) is 0 Å². The highest BCUT2D eigenvalue weighted by Gasteiger charge is 2.15. The number of nitrogens with one attached hydrogen (secondary N) is 1. The van der Waals surface area contributed by atoms with Gasteiger partial charge in [0.15, 0.2) is 0 Å². The van der Waals surface area contributed by atoms with E-state index in [9.17, 15) is 0 Å². The average molecular weight is 242 g/mol. The molecule has 0 aromatic carbocycles. The van der Waals surface area contributed by atoms with E-state index in [2.05, 4.69) is 24.2 Å². The molecule has 0 aromatic heterocycles. The van der Waals surface area contributed by atoms with Gasteiger partial charge in [-0.05, 0) is 33.2 Å². The summed E-state index contributed by atoms with van der Waals surface area (Å²) in [7, 11) is 3.98. The van der Waals surface area contributed by atoms with Gasteiger partial charge in [-0.15, -0.1) is 0 Å². The topological polar surface area (TPSA) is 24.5 Å². The van der Waals surface area contributed by atoms with Gasteiger partial charge in [-0.25, -0.2) is 0 Å². The van der Waals surface area contributed by atoms with Crippen molar-refractivity contribution in [3.8, 4) is 0 Å². The van der Waals surface area contributed by atoms with Crippen molar-refractivity contribution in [2.75, 3.05) is 33.9 Å². The first kappa shape index (κ1) is 14.9. The Kier molecular flexibility index (Phi) is 7.82. The molecule has 1 rings (SSSR count). The smallest absolute Gasteiger partial charge is 0.0474 e. The lowest BCUT2D eigenvalue weighted by Crippen LogP contribution is -2.42. The fourth-order valence-electron chi connectivity index (χ4n) is 2.48. The zero-order chi connectivity index (χ0) is 12.5. The number of ether oxygens (including phenoxy) is 1. The summed E-state index contributed by atoms with van der Waals surface area (Å²) in [5, 5.41) is 3.72. The molecule has 0 bridgehead atoms. The van der Waals surface area contributed by atoms with Gasteiger partial charge in [0.2, 0.25) is 0 Å². The van der Waals surface area contributed by atoms with E-state index in [1.807, 2.05) is 0 Å².